The molecule has 0 aromatic heterocycles. The van der Waals surface area contributed by atoms with E-state index in [0.717, 1.165) is 11.3 Å². The summed E-state index contributed by atoms with van der Waals surface area (Å²) in [7, 11) is 2.79. The highest BCUT2D eigenvalue weighted by Gasteiger charge is 2.14. The second kappa shape index (κ2) is 8.93. The van der Waals surface area contributed by atoms with Crippen LogP contribution in [-0.2, 0) is 14.3 Å². The van der Waals surface area contributed by atoms with Gasteiger partial charge in [0.1, 0.15) is 17.1 Å². The van der Waals surface area contributed by atoms with E-state index < -0.39 is 5.97 Å². The lowest BCUT2D eigenvalue weighted by Gasteiger charge is -2.07. The molecule has 5 heteroatoms. The van der Waals surface area contributed by atoms with Gasteiger partial charge in [-0.1, -0.05) is 30.3 Å². The second-order valence-electron chi connectivity index (χ2n) is 4.74. The van der Waals surface area contributed by atoms with Gasteiger partial charge >= 0.3 is 5.97 Å². The molecule has 24 heavy (non-hydrogen) atoms. The summed E-state index contributed by atoms with van der Waals surface area (Å²) in [6.07, 6.45) is 3.12. The topological polar surface area (TPSA) is 44.8 Å². The van der Waals surface area contributed by atoms with Crippen molar-refractivity contribution in [3.63, 3.8) is 0 Å². The summed E-state index contributed by atoms with van der Waals surface area (Å²) < 4.78 is 16.0. The largest absolute Gasteiger partial charge is 0.503 e. The van der Waals surface area contributed by atoms with Crippen molar-refractivity contribution in [2.75, 3.05) is 14.2 Å². The van der Waals surface area contributed by atoms with Gasteiger partial charge in [-0.05, 0) is 51.8 Å². The molecule has 0 amide bonds. The van der Waals surface area contributed by atoms with E-state index in [1.807, 2.05) is 54.6 Å². The molecule has 0 atom stereocenters. The third-order valence-electron chi connectivity index (χ3n) is 3.03. The summed E-state index contributed by atoms with van der Waals surface area (Å²) in [5.74, 6) is 0.967. The first-order chi connectivity index (χ1) is 11.6. The highest BCUT2D eigenvalue weighted by molar-refractivity contribution is 9.12. The first-order valence-corrected chi connectivity index (χ1v) is 7.95. The number of benzene rings is 2. The summed E-state index contributed by atoms with van der Waals surface area (Å²) >= 11 is 3.39. The molecular weight excluding hydrogens is 372 g/mol. The van der Waals surface area contributed by atoms with Crippen molar-refractivity contribution in [1.29, 1.82) is 0 Å². The van der Waals surface area contributed by atoms with Gasteiger partial charge in [-0.3, -0.25) is 0 Å². The Labute approximate surface area is 149 Å². The Morgan fingerprint density at radius 2 is 1.71 bits per heavy atom. The van der Waals surface area contributed by atoms with Gasteiger partial charge in [-0.15, -0.1) is 0 Å². The van der Waals surface area contributed by atoms with Crippen molar-refractivity contribution in [3.8, 4) is 11.5 Å². The molecule has 0 unspecified atom stereocenters. The number of para-hydroxylation sites is 1. The Morgan fingerprint density at radius 1 is 1.00 bits per heavy atom. The molecule has 0 saturated heterocycles. The van der Waals surface area contributed by atoms with Gasteiger partial charge in [0.2, 0.25) is 0 Å². The SMILES string of the molecule is CO/C=C(C(=O)OC)\C(Br)=C/c1cccc(Oc2ccccc2)c1. The molecule has 0 radical (unpaired) electrons. The normalized spacial score (nSPS) is 11.8. The van der Waals surface area contributed by atoms with Crippen LogP contribution in [0.15, 0.2) is 70.9 Å². The van der Waals surface area contributed by atoms with Crippen molar-refractivity contribution >= 4 is 28.0 Å². The molecule has 0 saturated carbocycles. The summed E-state index contributed by atoms with van der Waals surface area (Å²) in [4.78, 5) is 11.8. The fraction of sp³-hybridized carbons (Fsp3) is 0.105. The van der Waals surface area contributed by atoms with E-state index in [2.05, 4.69) is 15.9 Å². The Kier molecular flexibility index (Phi) is 6.63. The third-order valence-corrected chi connectivity index (χ3v) is 3.68. The van der Waals surface area contributed by atoms with Gasteiger partial charge in [0.15, 0.2) is 0 Å². The van der Waals surface area contributed by atoms with Crippen LogP contribution in [0.5, 0.6) is 11.5 Å². The third kappa shape index (κ3) is 4.99. The zero-order valence-corrected chi connectivity index (χ0v) is 14.9. The van der Waals surface area contributed by atoms with E-state index in [4.69, 9.17) is 14.2 Å². The predicted octanol–water partition coefficient (Wildman–Crippen LogP) is 4.92. The van der Waals surface area contributed by atoms with Crippen LogP contribution in [0.3, 0.4) is 0 Å². The van der Waals surface area contributed by atoms with Crippen LogP contribution >= 0.6 is 15.9 Å². The fourth-order valence-corrected chi connectivity index (χ4v) is 2.47. The van der Waals surface area contributed by atoms with Crippen molar-refractivity contribution in [2.24, 2.45) is 0 Å². The van der Waals surface area contributed by atoms with E-state index in [9.17, 15) is 4.79 Å². The maximum Gasteiger partial charge on any atom is 0.342 e. The average Bonchev–Trinajstić information content (AvgIpc) is 2.60. The number of hydrogen-bond acceptors (Lipinski definition) is 4. The number of methoxy groups -OCH3 is 2. The first-order valence-electron chi connectivity index (χ1n) is 7.16. The molecule has 0 N–H and O–H groups in total. The first kappa shape index (κ1) is 17.8. The number of ether oxygens (including phenoxy) is 3. The summed E-state index contributed by atoms with van der Waals surface area (Å²) in [6.45, 7) is 0. The minimum Gasteiger partial charge on any atom is -0.503 e. The van der Waals surface area contributed by atoms with E-state index >= 15 is 0 Å². The van der Waals surface area contributed by atoms with Crippen LogP contribution in [0.2, 0.25) is 0 Å². The number of hydrogen-bond donors (Lipinski definition) is 0. The Morgan fingerprint density at radius 3 is 2.38 bits per heavy atom. The maximum absolute atomic E-state index is 11.8. The van der Waals surface area contributed by atoms with Crippen LogP contribution < -0.4 is 4.74 Å². The molecule has 2 aromatic carbocycles. The molecule has 4 nitrogen and oxygen atoms in total. The standard InChI is InChI=1S/C19H17BrO4/c1-22-13-17(19(21)23-2)18(20)12-14-7-6-10-16(11-14)24-15-8-4-3-5-9-15/h3-13H,1-2H3/b17-13+,18-12+. The van der Waals surface area contributed by atoms with Gasteiger partial charge in [0.05, 0.1) is 20.5 Å². The Bertz CT molecular complexity index is 751. The lowest BCUT2D eigenvalue weighted by Crippen LogP contribution is -2.05. The van der Waals surface area contributed by atoms with Crippen LogP contribution in [-0.4, -0.2) is 20.2 Å². The number of esters is 1. The van der Waals surface area contributed by atoms with Gasteiger partial charge in [0, 0.05) is 4.48 Å². The lowest BCUT2D eigenvalue weighted by molar-refractivity contribution is -0.135. The molecule has 0 fully saturated rings. The average molecular weight is 389 g/mol. The number of halogens is 1. The number of carbonyl (C=O) groups is 1. The highest BCUT2D eigenvalue weighted by Crippen LogP contribution is 2.26. The zero-order chi connectivity index (χ0) is 17.4. The second-order valence-corrected chi connectivity index (χ2v) is 5.59. The maximum atomic E-state index is 11.8. The molecule has 124 valence electrons. The molecule has 2 aromatic rings. The quantitative estimate of drug-likeness (QED) is 0.305. The van der Waals surface area contributed by atoms with E-state index in [1.54, 1.807) is 6.08 Å². The van der Waals surface area contributed by atoms with Crippen LogP contribution in [0.1, 0.15) is 5.56 Å². The monoisotopic (exact) mass is 388 g/mol. The zero-order valence-electron chi connectivity index (χ0n) is 13.4. The van der Waals surface area contributed by atoms with Crippen molar-refractivity contribution < 1.29 is 19.0 Å². The van der Waals surface area contributed by atoms with Crippen molar-refractivity contribution in [1.82, 2.24) is 0 Å². The van der Waals surface area contributed by atoms with Crippen LogP contribution in [0, 0.1) is 0 Å². The predicted molar refractivity (Wildman–Crippen MR) is 97.0 cm³/mol. The van der Waals surface area contributed by atoms with E-state index in [0.29, 0.717) is 10.2 Å². The van der Waals surface area contributed by atoms with Gasteiger partial charge in [0.25, 0.3) is 0 Å². The highest BCUT2D eigenvalue weighted by atomic mass is 79.9. The van der Waals surface area contributed by atoms with Gasteiger partial charge in [-0.25, -0.2) is 4.79 Å². The smallest absolute Gasteiger partial charge is 0.342 e. The fourth-order valence-electron chi connectivity index (χ4n) is 1.95. The molecule has 0 spiro atoms. The summed E-state index contributed by atoms with van der Waals surface area (Å²) in [6, 6.07) is 17.0. The Balaban J connectivity index is 2.24. The van der Waals surface area contributed by atoms with Crippen molar-refractivity contribution in [3.05, 3.63) is 76.5 Å². The minimum atomic E-state index is -0.489. The lowest BCUT2D eigenvalue weighted by atomic mass is 10.1. The Hall–Kier alpha value is -2.53. The molecular formula is C19H17BrO4. The summed E-state index contributed by atoms with van der Waals surface area (Å²) in [5, 5.41) is 0. The molecule has 2 rings (SSSR count). The minimum absolute atomic E-state index is 0.286. The van der Waals surface area contributed by atoms with Gasteiger partial charge in [-0.2, -0.15) is 0 Å². The molecule has 0 aliphatic rings. The van der Waals surface area contributed by atoms with Crippen molar-refractivity contribution in [2.45, 2.75) is 0 Å². The molecule has 0 aliphatic carbocycles. The molecule has 0 heterocycles. The van der Waals surface area contributed by atoms with Crippen LogP contribution in [0.4, 0.5) is 0 Å². The van der Waals surface area contributed by atoms with Crippen LogP contribution in [0.25, 0.3) is 6.08 Å². The van der Waals surface area contributed by atoms with Gasteiger partial charge < -0.3 is 14.2 Å². The number of rotatable bonds is 6. The van der Waals surface area contributed by atoms with E-state index in [-0.39, 0.29) is 5.57 Å². The molecule has 0 bridgehead atoms. The van der Waals surface area contributed by atoms with E-state index in [1.165, 1.54) is 20.5 Å². The number of carbonyl (C=O) groups excluding carboxylic acids is 1. The molecule has 0 aliphatic heterocycles. The summed E-state index contributed by atoms with van der Waals surface area (Å²) in [5.41, 5.74) is 1.15.